The van der Waals surface area contributed by atoms with Gasteiger partial charge in [0.25, 0.3) is 5.56 Å². The number of benzene rings is 2. The second-order valence-electron chi connectivity index (χ2n) is 5.80. The van der Waals surface area contributed by atoms with E-state index in [0.717, 1.165) is 5.52 Å². The van der Waals surface area contributed by atoms with Crippen molar-refractivity contribution in [1.82, 2.24) is 19.2 Å². The summed E-state index contributed by atoms with van der Waals surface area (Å²) < 4.78 is 14.9. The number of aromatic nitrogens is 4. The molecule has 0 atom stereocenters. The normalized spacial score (nSPS) is 11.2. The van der Waals surface area contributed by atoms with Crippen molar-refractivity contribution in [2.24, 2.45) is 7.05 Å². The maximum absolute atomic E-state index is 12.5. The molecule has 0 N–H and O–H groups in total. The van der Waals surface area contributed by atoms with Gasteiger partial charge in [-0.1, -0.05) is 24.3 Å². The molecule has 0 aliphatic heterocycles. The first kappa shape index (κ1) is 16.1. The van der Waals surface area contributed by atoms with Crippen LogP contribution >= 0.6 is 0 Å². The van der Waals surface area contributed by atoms with E-state index in [-0.39, 0.29) is 12.2 Å². The lowest BCUT2D eigenvalue weighted by atomic mass is 10.2. The Bertz CT molecular complexity index is 1150. The Balaban J connectivity index is 1.78. The summed E-state index contributed by atoms with van der Waals surface area (Å²) in [6.07, 6.45) is 0. The summed E-state index contributed by atoms with van der Waals surface area (Å²) in [4.78, 5) is 12.5. The van der Waals surface area contributed by atoms with Crippen LogP contribution < -0.4 is 15.0 Å². The van der Waals surface area contributed by atoms with Crippen LogP contribution in [0.2, 0.25) is 0 Å². The standard InChI is InChI=1S/C19H18N4O3/c1-3-25-15-10-6-7-11-16(15)26-12-17-20-21-19-22(2)18(24)13-8-4-5-9-14(13)23(17)19/h4-11H,3,12H2,1-2H3. The van der Waals surface area contributed by atoms with E-state index in [1.165, 1.54) is 4.57 Å². The third-order valence-corrected chi connectivity index (χ3v) is 4.20. The molecule has 7 heteroatoms. The number of fused-ring (bicyclic) bond motifs is 3. The molecule has 0 fully saturated rings. The first-order valence-electron chi connectivity index (χ1n) is 8.37. The van der Waals surface area contributed by atoms with Crippen LogP contribution in [0.15, 0.2) is 53.3 Å². The second kappa shape index (κ2) is 6.51. The fourth-order valence-electron chi connectivity index (χ4n) is 2.97. The minimum Gasteiger partial charge on any atom is -0.490 e. The summed E-state index contributed by atoms with van der Waals surface area (Å²) in [5, 5.41) is 9.00. The molecule has 0 bridgehead atoms. The Morgan fingerprint density at radius 1 is 0.962 bits per heavy atom. The largest absolute Gasteiger partial charge is 0.490 e. The molecule has 0 saturated carbocycles. The number of nitrogens with zero attached hydrogens (tertiary/aromatic N) is 4. The Morgan fingerprint density at radius 2 is 1.65 bits per heavy atom. The fraction of sp³-hybridized carbons (Fsp3) is 0.211. The monoisotopic (exact) mass is 350 g/mol. The van der Waals surface area contributed by atoms with Crippen LogP contribution in [-0.4, -0.2) is 25.8 Å². The van der Waals surface area contributed by atoms with Gasteiger partial charge in [-0.25, -0.2) is 0 Å². The molecule has 0 aliphatic carbocycles. The molecule has 2 aromatic heterocycles. The summed E-state index contributed by atoms with van der Waals surface area (Å²) in [6.45, 7) is 2.68. The van der Waals surface area contributed by atoms with E-state index >= 15 is 0 Å². The van der Waals surface area contributed by atoms with Crippen LogP contribution in [0, 0.1) is 0 Å². The lowest BCUT2D eigenvalue weighted by Crippen LogP contribution is -2.20. The molecular weight excluding hydrogens is 332 g/mol. The lowest BCUT2D eigenvalue weighted by molar-refractivity contribution is 0.262. The molecule has 0 radical (unpaired) electrons. The van der Waals surface area contributed by atoms with Crippen molar-refractivity contribution in [2.75, 3.05) is 6.61 Å². The number of rotatable bonds is 5. The maximum Gasteiger partial charge on any atom is 0.262 e. The van der Waals surface area contributed by atoms with Gasteiger partial charge in [0, 0.05) is 7.05 Å². The van der Waals surface area contributed by atoms with E-state index in [4.69, 9.17) is 9.47 Å². The fourth-order valence-corrected chi connectivity index (χ4v) is 2.97. The topological polar surface area (TPSA) is 70.7 Å². The molecule has 0 spiro atoms. The predicted octanol–water partition coefficient (Wildman–Crippen LogP) is 2.56. The van der Waals surface area contributed by atoms with Crippen molar-refractivity contribution in [3.8, 4) is 11.5 Å². The first-order valence-corrected chi connectivity index (χ1v) is 8.37. The number of aryl methyl sites for hydroxylation is 1. The van der Waals surface area contributed by atoms with Crippen LogP contribution in [-0.2, 0) is 13.7 Å². The number of hydrogen-bond donors (Lipinski definition) is 0. The summed E-state index contributed by atoms with van der Waals surface area (Å²) >= 11 is 0. The zero-order valence-electron chi connectivity index (χ0n) is 14.5. The third kappa shape index (κ3) is 2.57. The van der Waals surface area contributed by atoms with Crippen molar-refractivity contribution in [1.29, 1.82) is 0 Å². The SMILES string of the molecule is CCOc1ccccc1OCc1nnc2n(C)c(=O)c3ccccc3n12. The molecule has 26 heavy (non-hydrogen) atoms. The molecule has 0 unspecified atom stereocenters. The summed E-state index contributed by atoms with van der Waals surface area (Å²) in [5.41, 5.74) is 0.655. The Labute approximate surface area is 149 Å². The van der Waals surface area contributed by atoms with Gasteiger partial charge in [-0.15, -0.1) is 10.2 Å². The van der Waals surface area contributed by atoms with Crippen molar-refractivity contribution in [2.45, 2.75) is 13.5 Å². The highest BCUT2D eigenvalue weighted by Gasteiger charge is 2.15. The van der Waals surface area contributed by atoms with Gasteiger partial charge >= 0.3 is 0 Å². The molecule has 2 heterocycles. The van der Waals surface area contributed by atoms with Gasteiger partial charge in [0.2, 0.25) is 5.78 Å². The molecule has 4 rings (SSSR count). The predicted molar refractivity (Wildman–Crippen MR) is 97.7 cm³/mol. The van der Waals surface area contributed by atoms with Crippen LogP contribution in [0.3, 0.4) is 0 Å². The minimum atomic E-state index is -0.102. The van der Waals surface area contributed by atoms with E-state index in [1.54, 1.807) is 13.1 Å². The van der Waals surface area contributed by atoms with Crippen molar-refractivity contribution in [3.63, 3.8) is 0 Å². The van der Waals surface area contributed by atoms with Gasteiger partial charge in [0.15, 0.2) is 17.3 Å². The highest BCUT2D eigenvalue weighted by Crippen LogP contribution is 2.27. The summed E-state index contributed by atoms with van der Waals surface area (Å²) in [5.74, 6) is 2.41. The molecule has 7 nitrogen and oxygen atoms in total. The summed E-state index contributed by atoms with van der Waals surface area (Å²) in [6, 6.07) is 14.9. The quantitative estimate of drug-likeness (QED) is 0.553. The first-order chi connectivity index (χ1) is 12.7. The van der Waals surface area contributed by atoms with Gasteiger partial charge in [-0.05, 0) is 31.2 Å². The van der Waals surface area contributed by atoms with E-state index in [2.05, 4.69) is 10.2 Å². The highest BCUT2D eigenvalue weighted by atomic mass is 16.5. The second-order valence-corrected chi connectivity index (χ2v) is 5.80. The Kier molecular flexibility index (Phi) is 4.04. The van der Waals surface area contributed by atoms with Crippen LogP contribution in [0.1, 0.15) is 12.7 Å². The Morgan fingerprint density at radius 3 is 2.42 bits per heavy atom. The molecule has 132 valence electrons. The van der Waals surface area contributed by atoms with Crippen LogP contribution in [0.4, 0.5) is 0 Å². The molecule has 0 saturated heterocycles. The van der Waals surface area contributed by atoms with Gasteiger partial charge < -0.3 is 9.47 Å². The van der Waals surface area contributed by atoms with Gasteiger partial charge in [-0.3, -0.25) is 13.8 Å². The summed E-state index contributed by atoms with van der Waals surface area (Å²) in [7, 11) is 1.69. The Hall–Kier alpha value is -3.35. The number of ether oxygens (including phenoxy) is 2. The smallest absolute Gasteiger partial charge is 0.262 e. The molecule has 4 aromatic rings. The van der Waals surface area contributed by atoms with Crippen LogP contribution in [0.5, 0.6) is 11.5 Å². The molecule has 0 amide bonds. The van der Waals surface area contributed by atoms with E-state index in [9.17, 15) is 4.79 Å². The lowest BCUT2D eigenvalue weighted by Gasteiger charge is -2.11. The average molecular weight is 350 g/mol. The number of hydrogen-bond acceptors (Lipinski definition) is 5. The maximum atomic E-state index is 12.5. The molecule has 2 aromatic carbocycles. The third-order valence-electron chi connectivity index (χ3n) is 4.20. The van der Waals surface area contributed by atoms with Gasteiger partial charge in [-0.2, -0.15) is 0 Å². The average Bonchev–Trinajstić information content (AvgIpc) is 3.10. The molecular formula is C19H18N4O3. The van der Waals surface area contributed by atoms with Crippen molar-refractivity contribution in [3.05, 3.63) is 64.7 Å². The van der Waals surface area contributed by atoms with Gasteiger partial charge in [0.05, 0.1) is 17.5 Å². The van der Waals surface area contributed by atoms with Gasteiger partial charge in [0.1, 0.15) is 6.61 Å². The minimum absolute atomic E-state index is 0.102. The van der Waals surface area contributed by atoms with E-state index in [1.807, 2.05) is 53.8 Å². The van der Waals surface area contributed by atoms with E-state index < -0.39 is 0 Å². The molecule has 0 aliphatic rings. The van der Waals surface area contributed by atoms with Crippen LogP contribution in [0.25, 0.3) is 16.7 Å². The zero-order chi connectivity index (χ0) is 18.1. The highest BCUT2D eigenvalue weighted by molar-refractivity contribution is 5.80. The zero-order valence-corrected chi connectivity index (χ0v) is 14.5. The van der Waals surface area contributed by atoms with E-state index in [0.29, 0.717) is 35.1 Å². The van der Waals surface area contributed by atoms with Crippen molar-refractivity contribution >= 4 is 16.7 Å². The van der Waals surface area contributed by atoms with Crippen molar-refractivity contribution < 1.29 is 9.47 Å². The number of para-hydroxylation sites is 3.